The second kappa shape index (κ2) is 20.4. The number of carbonyl (C=O) groups is 4. The van der Waals surface area contributed by atoms with E-state index in [2.05, 4.69) is 44.5 Å². The van der Waals surface area contributed by atoms with Crippen LogP contribution < -0.4 is 25.2 Å². The van der Waals surface area contributed by atoms with Gasteiger partial charge in [0.15, 0.2) is 10.8 Å². The number of imide groups is 1. The molecule has 4 aromatic carbocycles. The first-order valence-electron chi connectivity index (χ1n) is 25.7. The number of benzene rings is 4. The van der Waals surface area contributed by atoms with E-state index in [0.29, 0.717) is 66.3 Å². The van der Waals surface area contributed by atoms with Gasteiger partial charge in [0.2, 0.25) is 11.8 Å². The van der Waals surface area contributed by atoms with Crippen molar-refractivity contribution in [3.8, 4) is 16.9 Å². The Balaban J connectivity index is 0.665. The molecule has 3 N–H and O–H groups in total. The largest absolute Gasteiger partial charge is 0.490 e. The zero-order chi connectivity index (χ0) is 50.3. The first kappa shape index (κ1) is 48.1. The highest BCUT2D eigenvalue weighted by molar-refractivity contribution is 7.22. The topological polar surface area (TPSA) is 175 Å². The summed E-state index contributed by atoms with van der Waals surface area (Å²) in [6.07, 6.45) is 7.12. The van der Waals surface area contributed by atoms with Crippen LogP contribution >= 0.6 is 11.3 Å². The molecule has 7 aromatic rings. The molecule has 0 radical (unpaired) electrons. The van der Waals surface area contributed by atoms with Gasteiger partial charge < -0.3 is 19.6 Å². The molecule has 73 heavy (non-hydrogen) atoms. The summed E-state index contributed by atoms with van der Waals surface area (Å²) in [4.78, 5) is 67.4. The minimum absolute atomic E-state index is 0.0150. The number of anilines is 3. The summed E-state index contributed by atoms with van der Waals surface area (Å²) in [5, 5.41) is 22.3. The number of ether oxygens (including phenoxy) is 1. The molecule has 11 rings (SSSR count). The van der Waals surface area contributed by atoms with Gasteiger partial charge in [-0.3, -0.25) is 34.6 Å². The fraction of sp³-hybridized carbons (Fsp3) is 0.386. The summed E-state index contributed by atoms with van der Waals surface area (Å²) in [6.45, 7) is 10.3. The van der Waals surface area contributed by atoms with Gasteiger partial charge in [0.25, 0.3) is 5.91 Å². The number of rotatable bonds is 13. The number of carboxylic acids is 1. The smallest absolute Gasteiger partial charge is 0.355 e. The number of aryl methyl sites for hydroxylation is 2. The van der Waals surface area contributed by atoms with Gasteiger partial charge >= 0.3 is 5.97 Å². The predicted octanol–water partition coefficient (Wildman–Crippen LogP) is 9.37. The van der Waals surface area contributed by atoms with Crippen molar-refractivity contribution in [2.24, 2.45) is 18.9 Å². The number of aromatic carboxylic acids is 1. The lowest BCUT2D eigenvalue weighted by Gasteiger charge is -2.38. The number of carbonyl (C=O) groups excluding carboxylic acids is 3. The third-order valence-electron chi connectivity index (χ3n) is 15.5. The number of amides is 3. The molecule has 15 nitrogen and oxygen atoms in total. The number of pyridine rings is 1. The lowest BCUT2D eigenvalue weighted by Crippen LogP contribution is -2.47. The van der Waals surface area contributed by atoms with E-state index in [4.69, 9.17) is 14.8 Å². The van der Waals surface area contributed by atoms with Crippen LogP contribution in [-0.2, 0) is 29.6 Å². The summed E-state index contributed by atoms with van der Waals surface area (Å²) in [6, 6.07) is 29.5. The van der Waals surface area contributed by atoms with Crippen molar-refractivity contribution in [2.75, 3.05) is 54.4 Å². The Hall–Kier alpha value is -7.17. The number of nitrogens with one attached hydrogen (secondary N) is 2. The van der Waals surface area contributed by atoms with Crippen LogP contribution in [0.2, 0.25) is 0 Å². The summed E-state index contributed by atoms with van der Waals surface area (Å²) < 4.78 is 9.48. The van der Waals surface area contributed by atoms with E-state index in [1.54, 1.807) is 0 Å². The van der Waals surface area contributed by atoms with Crippen molar-refractivity contribution in [3.05, 3.63) is 125 Å². The van der Waals surface area contributed by atoms with E-state index in [0.717, 1.165) is 119 Å². The number of hydrogen-bond donors (Lipinski definition) is 3. The Morgan fingerprint density at radius 1 is 0.863 bits per heavy atom. The van der Waals surface area contributed by atoms with Gasteiger partial charge in [-0.15, -0.1) is 0 Å². The van der Waals surface area contributed by atoms with E-state index >= 15 is 0 Å². The third-order valence-corrected chi connectivity index (χ3v) is 16.4. The summed E-state index contributed by atoms with van der Waals surface area (Å²) in [5.74, 6) is 0.375. The molecule has 3 fully saturated rings. The molecule has 1 unspecified atom stereocenters. The zero-order valence-corrected chi connectivity index (χ0v) is 42.4. The Morgan fingerprint density at radius 3 is 2.44 bits per heavy atom. The van der Waals surface area contributed by atoms with Gasteiger partial charge in [-0.1, -0.05) is 60.7 Å². The average molecular weight is 1000 g/mol. The first-order chi connectivity index (χ1) is 35.4. The maximum absolute atomic E-state index is 13.6. The van der Waals surface area contributed by atoms with E-state index in [9.17, 15) is 24.3 Å². The highest BCUT2D eigenvalue weighted by Crippen LogP contribution is 2.38. The van der Waals surface area contributed by atoms with Crippen molar-refractivity contribution in [1.29, 1.82) is 0 Å². The molecular formula is C57H61N9O6S. The molecule has 0 bridgehead atoms. The molecule has 1 saturated carbocycles. The number of fused-ring (bicyclic) bond motifs is 3. The molecule has 16 heteroatoms. The van der Waals surface area contributed by atoms with Gasteiger partial charge in [0.05, 0.1) is 39.1 Å². The van der Waals surface area contributed by atoms with Crippen LogP contribution in [-0.4, -0.2) is 98.8 Å². The second-order valence-corrected chi connectivity index (χ2v) is 21.5. The van der Waals surface area contributed by atoms with E-state index < -0.39 is 11.9 Å². The number of para-hydroxylation sites is 2. The van der Waals surface area contributed by atoms with Gasteiger partial charge in [-0.05, 0) is 134 Å². The molecule has 4 aliphatic rings. The maximum atomic E-state index is 13.6. The SMILES string of the molecule is Cc1cc(OC2CCC(C[C@H](C)CN3CCN(c4cccc5c(C6CCC(=O)NC6=O)nn(C)c45)CC3)CC2)ccc1-c1ccc(N2CCc3cccc(C(=O)Nc4nc5ccccc5s4)c3C2)nc1C(=O)O. The van der Waals surface area contributed by atoms with E-state index in [-0.39, 0.29) is 29.5 Å². The Labute approximate surface area is 428 Å². The first-order valence-corrected chi connectivity index (χ1v) is 26.5. The number of piperidine rings is 1. The van der Waals surface area contributed by atoms with Gasteiger partial charge in [-0.25, -0.2) is 14.8 Å². The Bertz CT molecular complexity index is 3230. The lowest BCUT2D eigenvalue weighted by atomic mass is 9.82. The number of aromatic nitrogens is 4. The molecule has 0 spiro atoms. The highest BCUT2D eigenvalue weighted by atomic mass is 32.1. The van der Waals surface area contributed by atoms with Crippen molar-refractivity contribution < 1.29 is 29.0 Å². The minimum Gasteiger partial charge on any atom is -0.490 e. The maximum Gasteiger partial charge on any atom is 0.355 e. The van der Waals surface area contributed by atoms with Crippen molar-refractivity contribution in [3.63, 3.8) is 0 Å². The quantitative estimate of drug-likeness (QED) is 0.0936. The fourth-order valence-corrected chi connectivity index (χ4v) is 12.7. The number of nitrogens with zero attached hydrogens (tertiary/aromatic N) is 7. The number of thiazole rings is 1. The van der Waals surface area contributed by atoms with Crippen LogP contribution in [0, 0.1) is 18.8 Å². The molecule has 3 aromatic heterocycles. The standard InChI is InChI=1S/C57H61N9O6S/c1-34(32-64-26-28-65(29-27-64)47-12-7-10-43-51(62-63(3)53(43)47)44-21-23-50(67)60-55(44)69)30-36-14-16-38(17-15-36)72-39-18-19-40(35(2)31-39)41-20-22-49(59-52(41)56(70)71)66-25-24-37-8-6-9-42(45(37)33-66)54(68)61-57-58-46-11-4-5-13-48(46)73-57/h4-13,18-20,22,31,34,36,38,44H,14-17,21,23-30,32-33H2,1-3H3,(H,70,71)(H,58,61,68)(H,60,67,69)/t34-,36?,38?,44?/m0/s1. The molecule has 6 heterocycles. The number of hydrogen-bond acceptors (Lipinski definition) is 12. The molecule has 3 amide bonds. The third kappa shape index (κ3) is 10.0. The monoisotopic (exact) mass is 999 g/mol. The molecule has 2 saturated heterocycles. The normalized spacial score (nSPS) is 20.0. The van der Waals surface area contributed by atoms with Crippen LogP contribution in [0.1, 0.15) is 101 Å². The molecule has 376 valence electrons. The highest BCUT2D eigenvalue weighted by Gasteiger charge is 2.33. The molecule has 1 aliphatic carbocycles. The second-order valence-electron chi connectivity index (χ2n) is 20.5. The number of piperazine rings is 1. The molecule has 3 aliphatic heterocycles. The fourth-order valence-electron chi connectivity index (χ4n) is 11.8. The van der Waals surface area contributed by atoms with Crippen molar-refractivity contribution in [1.82, 2.24) is 30.0 Å². The van der Waals surface area contributed by atoms with Gasteiger partial charge in [0, 0.05) is 75.8 Å². The average Bonchev–Trinajstić information content (AvgIpc) is 3.96. The minimum atomic E-state index is -1.10. The lowest BCUT2D eigenvalue weighted by molar-refractivity contribution is -0.134. The van der Waals surface area contributed by atoms with Crippen molar-refractivity contribution in [2.45, 2.75) is 83.8 Å². The van der Waals surface area contributed by atoms with Crippen LogP contribution in [0.15, 0.2) is 91.0 Å². The van der Waals surface area contributed by atoms with Crippen LogP contribution in [0.4, 0.5) is 16.6 Å². The van der Waals surface area contributed by atoms with Gasteiger partial charge in [-0.2, -0.15) is 5.10 Å². The predicted molar refractivity (Wildman–Crippen MR) is 285 cm³/mol. The zero-order valence-electron chi connectivity index (χ0n) is 41.6. The summed E-state index contributed by atoms with van der Waals surface area (Å²) >= 11 is 1.44. The van der Waals surface area contributed by atoms with Crippen LogP contribution in [0.3, 0.4) is 0 Å². The number of carboxylic acid groups (broad SMARTS) is 1. The Kier molecular flexibility index (Phi) is 13.4. The molecule has 2 atom stereocenters. The van der Waals surface area contributed by atoms with E-state index in [1.165, 1.54) is 17.8 Å². The van der Waals surface area contributed by atoms with E-state index in [1.807, 2.05) is 102 Å². The van der Waals surface area contributed by atoms with Crippen LogP contribution in [0.5, 0.6) is 5.75 Å². The van der Waals surface area contributed by atoms with Crippen LogP contribution in [0.25, 0.3) is 32.2 Å². The molecular weight excluding hydrogens is 939 g/mol. The summed E-state index contributed by atoms with van der Waals surface area (Å²) in [5.41, 5.74) is 8.57. The Morgan fingerprint density at radius 2 is 1.66 bits per heavy atom. The summed E-state index contributed by atoms with van der Waals surface area (Å²) in [7, 11) is 1.94. The van der Waals surface area contributed by atoms with Crippen molar-refractivity contribution >= 4 is 72.8 Å². The van der Waals surface area contributed by atoms with Gasteiger partial charge in [0.1, 0.15) is 11.6 Å².